The summed E-state index contributed by atoms with van der Waals surface area (Å²) in [5.74, 6) is 0.0609. The van der Waals surface area contributed by atoms with Crippen LogP contribution < -0.4 is 9.47 Å². The van der Waals surface area contributed by atoms with E-state index in [1.165, 1.54) is 6.08 Å². The van der Waals surface area contributed by atoms with Crippen molar-refractivity contribution in [2.45, 2.75) is 6.61 Å². The van der Waals surface area contributed by atoms with Gasteiger partial charge in [0.1, 0.15) is 18.1 Å². The molecule has 0 aromatic heterocycles. The van der Waals surface area contributed by atoms with Crippen LogP contribution in [-0.4, -0.2) is 18.4 Å². The van der Waals surface area contributed by atoms with E-state index in [0.717, 1.165) is 5.56 Å². The summed E-state index contributed by atoms with van der Waals surface area (Å²) in [6.07, 6.45) is 1.54. The highest BCUT2D eigenvalue weighted by Crippen LogP contribution is 2.36. The largest absolute Gasteiger partial charge is 0.482 e. The average Bonchev–Trinajstić information content (AvgIpc) is 3.09. The highest BCUT2D eigenvalue weighted by Gasteiger charge is 2.28. The lowest BCUT2D eigenvalue weighted by atomic mass is 10.1. The molecule has 5 nitrogen and oxygen atoms in total. The molecule has 0 bridgehead atoms. The SMILES string of the molecule is O=C(COc1ccc2c(c1)OC(=Cc1cccc(Cl)c1Cl)C2=O)OCc1ccccc1. The van der Waals surface area contributed by atoms with Crippen LogP contribution in [0, 0.1) is 0 Å². The summed E-state index contributed by atoms with van der Waals surface area (Å²) in [5, 5.41) is 0.718. The molecule has 1 aliphatic rings. The summed E-state index contributed by atoms with van der Waals surface area (Å²) >= 11 is 12.2. The Morgan fingerprint density at radius 3 is 2.61 bits per heavy atom. The predicted octanol–water partition coefficient (Wildman–Crippen LogP) is 5.73. The van der Waals surface area contributed by atoms with Crippen LogP contribution in [-0.2, 0) is 16.1 Å². The van der Waals surface area contributed by atoms with E-state index in [1.807, 2.05) is 30.3 Å². The zero-order valence-corrected chi connectivity index (χ0v) is 17.7. The lowest BCUT2D eigenvalue weighted by molar-refractivity contribution is -0.147. The molecule has 4 rings (SSSR count). The quantitative estimate of drug-likeness (QED) is 0.351. The fourth-order valence-corrected chi connectivity index (χ4v) is 3.31. The van der Waals surface area contributed by atoms with E-state index in [0.29, 0.717) is 32.7 Å². The van der Waals surface area contributed by atoms with Gasteiger partial charge in [-0.15, -0.1) is 0 Å². The van der Waals surface area contributed by atoms with Crippen molar-refractivity contribution < 1.29 is 23.8 Å². The number of carbonyl (C=O) groups is 2. The zero-order chi connectivity index (χ0) is 21.8. The molecule has 0 N–H and O–H groups in total. The smallest absolute Gasteiger partial charge is 0.344 e. The van der Waals surface area contributed by atoms with Crippen LogP contribution in [0.5, 0.6) is 11.5 Å². The van der Waals surface area contributed by atoms with Gasteiger partial charge < -0.3 is 14.2 Å². The molecule has 1 aliphatic heterocycles. The van der Waals surface area contributed by atoms with E-state index in [1.54, 1.807) is 36.4 Å². The van der Waals surface area contributed by atoms with Gasteiger partial charge in [0.05, 0.1) is 15.6 Å². The third kappa shape index (κ3) is 4.90. The van der Waals surface area contributed by atoms with E-state index in [9.17, 15) is 9.59 Å². The molecule has 1 heterocycles. The Morgan fingerprint density at radius 2 is 1.81 bits per heavy atom. The number of halogens is 2. The normalized spacial score (nSPS) is 13.6. The second kappa shape index (κ2) is 9.25. The Balaban J connectivity index is 1.39. The number of carbonyl (C=O) groups excluding carboxylic acids is 2. The van der Waals surface area contributed by atoms with Crippen LogP contribution in [0.2, 0.25) is 10.0 Å². The van der Waals surface area contributed by atoms with Gasteiger partial charge in [0, 0.05) is 6.07 Å². The molecule has 3 aromatic rings. The summed E-state index contributed by atoms with van der Waals surface area (Å²) in [7, 11) is 0. The first-order chi connectivity index (χ1) is 15.0. The first kappa shape index (κ1) is 21.0. The first-order valence-electron chi connectivity index (χ1n) is 9.36. The molecule has 0 saturated heterocycles. The number of benzene rings is 3. The number of esters is 1. The molecule has 0 radical (unpaired) electrons. The Kier molecular flexibility index (Phi) is 6.26. The average molecular weight is 455 g/mol. The van der Waals surface area contributed by atoms with Gasteiger partial charge in [-0.1, -0.05) is 65.7 Å². The number of hydrogen-bond donors (Lipinski definition) is 0. The number of ketones is 1. The predicted molar refractivity (Wildman–Crippen MR) is 118 cm³/mol. The van der Waals surface area contributed by atoms with Crippen molar-refractivity contribution >= 4 is 41.0 Å². The first-order valence-corrected chi connectivity index (χ1v) is 10.1. The Bertz CT molecular complexity index is 1170. The summed E-state index contributed by atoms with van der Waals surface area (Å²) in [6, 6.07) is 19.2. The van der Waals surface area contributed by atoms with Crippen LogP contribution in [0.4, 0.5) is 0 Å². The van der Waals surface area contributed by atoms with E-state index in [-0.39, 0.29) is 24.8 Å². The summed E-state index contributed by atoms with van der Waals surface area (Å²) in [4.78, 5) is 24.5. The maximum absolute atomic E-state index is 12.6. The number of fused-ring (bicyclic) bond motifs is 1. The minimum absolute atomic E-state index is 0.124. The van der Waals surface area contributed by atoms with Crippen LogP contribution in [0.3, 0.4) is 0 Å². The van der Waals surface area contributed by atoms with Crippen LogP contribution in [0.1, 0.15) is 21.5 Å². The second-order valence-electron chi connectivity index (χ2n) is 6.68. The molecule has 0 saturated carbocycles. The zero-order valence-electron chi connectivity index (χ0n) is 16.1. The molecule has 3 aromatic carbocycles. The van der Waals surface area contributed by atoms with E-state index >= 15 is 0 Å². The minimum atomic E-state index is -0.502. The van der Waals surface area contributed by atoms with Gasteiger partial charge in [0.15, 0.2) is 12.4 Å². The maximum Gasteiger partial charge on any atom is 0.344 e. The molecule has 0 spiro atoms. The van der Waals surface area contributed by atoms with E-state index in [4.69, 9.17) is 37.4 Å². The number of ether oxygens (including phenoxy) is 3. The second-order valence-corrected chi connectivity index (χ2v) is 7.46. The summed E-state index contributed by atoms with van der Waals surface area (Å²) < 4.78 is 16.3. The van der Waals surface area contributed by atoms with Crippen molar-refractivity contribution in [3.8, 4) is 11.5 Å². The van der Waals surface area contributed by atoms with Crippen molar-refractivity contribution in [3.63, 3.8) is 0 Å². The fraction of sp³-hybridized carbons (Fsp3) is 0.0833. The minimum Gasteiger partial charge on any atom is -0.482 e. The number of allylic oxidation sites excluding steroid dienone is 1. The molecule has 0 aliphatic carbocycles. The summed E-state index contributed by atoms with van der Waals surface area (Å²) in [6.45, 7) is -0.0918. The van der Waals surface area contributed by atoms with Crippen molar-refractivity contribution in [2.75, 3.05) is 6.61 Å². The summed E-state index contributed by atoms with van der Waals surface area (Å²) in [5.41, 5.74) is 1.85. The van der Waals surface area contributed by atoms with Gasteiger partial charge >= 0.3 is 5.97 Å². The molecule has 7 heteroatoms. The number of hydrogen-bond acceptors (Lipinski definition) is 5. The Morgan fingerprint density at radius 1 is 1.00 bits per heavy atom. The van der Waals surface area contributed by atoms with Crippen molar-refractivity contribution in [1.82, 2.24) is 0 Å². The van der Waals surface area contributed by atoms with Crippen LogP contribution in [0.25, 0.3) is 6.08 Å². The third-order valence-electron chi connectivity index (χ3n) is 4.51. The highest BCUT2D eigenvalue weighted by atomic mass is 35.5. The lowest BCUT2D eigenvalue weighted by Crippen LogP contribution is -2.14. The molecule has 31 heavy (non-hydrogen) atoms. The fourth-order valence-electron chi connectivity index (χ4n) is 2.95. The number of rotatable bonds is 6. The molecular formula is C24H16Cl2O5. The molecule has 0 atom stereocenters. The van der Waals surface area contributed by atoms with Gasteiger partial charge in [0.2, 0.25) is 5.78 Å². The standard InChI is InChI=1S/C24H16Cl2O5/c25-19-8-4-7-16(23(19)26)11-21-24(28)18-10-9-17(12-20(18)31-21)29-14-22(27)30-13-15-5-2-1-3-6-15/h1-12H,13-14H2. The topological polar surface area (TPSA) is 61.8 Å². The molecule has 0 fully saturated rings. The Labute approximate surface area is 188 Å². The van der Waals surface area contributed by atoms with Gasteiger partial charge in [-0.25, -0.2) is 4.79 Å². The third-order valence-corrected chi connectivity index (χ3v) is 5.34. The van der Waals surface area contributed by atoms with Gasteiger partial charge in [-0.3, -0.25) is 4.79 Å². The highest BCUT2D eigenvalue weighted by molar-refractivity contribution is 6.43. The monoisotopic (exact) mass is 454 g/mol. The van der Waals surface area contributed by atoms with Gasteiger partial charge in [-0.2, -0.15) is 0 Å². The van der Waals surface area contributed by atoms with Crippen molar-refractivity contribution in [2.24, 2.45) is 0 Å². The van der Waals surface area contributed by atoms with Gasteiger partial charge in [-0.05, 0) is 35.4 Å². The lowest BCUT2D eigenvalue weighted by Gasteiger charge is -2.08. The maximum atomic E-state index is 12.6. The molecule has 0 unspecified atom stereocenters. The van der Waals surface area contributed by atoms with Crippen LogP contribution in [0.15, 0.2) is 72.5 Å². The van der Waals surface area contributed by atoms with E-state index in [2.05, 4.69) is 0 Å². The van der Waals surface area contributed by atoms with Crippen molar-refractivity contribution in [1.29, 1.82) is 0 Å². The number of Topliss-reactive ketones (excluding diaryl/α,β-unsaturated/α-hetero) is 1. The van der Waals surface area contributed by atoms with Crippen LogP contribution >= 0.6 is 23.2 Å². The van der Waals surface area contributed by atoms with Crippen molar-refractivity contribution in [3.05, 3.63) is 99.2 Å². The molecule has 156 valence electrons. The molecule has 0 amide bonds. The van der Waals surface area contributed by atoms with E-state index < -0.39 is 5.97 Å². The molecular weight excluding hydrogens is 439 g/mol. The van der Waals surface area contributed by atoms with Gasteiger partial charge in [0.25, 0.3) is 0 Å². The Hall–Kier alpha value is -3.28.